The Bertz CT molecular complexity index is 392. The SMILES string of the molecule is NC(c1cc(Cl)sc1Cl)C1C2CCCCC21. The Morgan fingerprint density at radius 3 is 2.38 bits per heavy atom. The number of fused-ring (bicyclic) bond motifs is 1. The van der Waals surface area contributed by atoms with E-state index >= 15 is 0 Å². The van der Waals surface area contributed by atoms with Crippen molar-refractivity contribution in [3.63, 3.8) is 0 Å². The summed E-state index contributed by atoms with van der Waals surface area (Å²) in [6.07, 6.45) is 5.47. The highest BCUT2D eigenvalue weighted by Gasteiger charge is 2.53. The third kappa shape index (κ3) is 1.80. The van der Waals surface area contributed by atoms with E-state index in [4.69, 9.17) is 28.9 Å². The number of thiophene rings is 1. The molecule has 0 bridgehead atoms. The van der Waals surface area contributed by atoms with E-state index in [2.05, 4.69) is 0 Å². The van der Waals surface area contributed by atoms with Crippen LogP contribution in [0.1, 0.15) is 37.3 Å². The average molecular weight is 276 g/mol. The fourth-order valence-electron chi connectivity index (χ4n) is 3.37. The van der Waals surface area contributed by atoms with Crippen molar-refractivity contribution in [2.75, 3.05) is 0 Å². The van der Waals surface area contributed by atoms with Crippen LogP contribution in [0.3, 0.4) is 0 Å². The molecule has 2 fully saturated rings. The molecular formula is C12H15Cl2NS. The number of hydrogen-bond donors (Lipinski definition) is 1. The molecule has 0 amide bonds. The minimum Gasteiger partial charge on any atom is -0.324 e. The van der Waals surface area contributed by atoms with E-state index in [0.29, 0.717) is 5.92 Å². The van der Waals surface area contributed by atoms with E-state index in [1.807, 2.05) is 6.07 Å². The molecule has 16 heavy (non-hydrogen) atoms. The molecule has 2 saturated carbocycles. The summed E-state index contributed by atoms with van der Waals surface area (Å²) >= 11 is 13.6. The van der Waals surface area contributed by atoms with Crippen LogP contribution in [0.5, 0.6) is 0 Å². The Balaban J connectivity index is 1.78. The third-order valence-corrected chi connectivity index (χ3v) is 5.70. The molecule has 88 valence electrons. The molecule has 3 rings (SSSR count). The van der Waals surface area contributed by atoms with Crippen LogP contribution in [0, 0.1) is 17.8 Å². The largest absolute Gasteiger partial charge is 0.324 e. The summed E-state index contributed by atoms with van der Waals surface area (Å²) in [6, 6.07) is 2.05. The van der Waals surface area contributed by atoms with Gasteiger partial charge >= 0.3 is 0 Å². The molecule has 1 heterocycles. The molecular weight excluding hydrogens is 261 g/mol. The molecule has 0 spiro atoms. The highest BCUT2D eigenvalue weighted by molar-refractivity contribution is 7.20. The summed E-state index contributed by atoms with van der Waals surface area (Å²) in [4.78, 5) is 0. The Morgan fingerprint density at radius 2 is 1.88 bits per heavy atom. The minimum absolute atomic E-state index is 0.101. The molecule has 1 nitrogen and oxygen atoms in total. The van der Waals surface area contributed by atoms with Crippen molar-refractivity contribution in [1.29, 1.82) is 0 Å². The lowest BCUT2D eigenvalue weighted by Crippen LogP contribution is -2.13. The fourth-order valence-corrected chi connectivity index (χ4v) is 4.94. The minimum atomic E-state index is 0.101. The summed E-state index contributed by atoms with van der Waals surface area (Å²) in [7, 11) is 0. The van der Waals surface area contributed by atoms with Gasteiger partial charge in [-0.1, -0.05) is 36.0 Å². The summed E-state index contributed by atoms with van der Waals surface area (Å²) in [5.74, 6) is 2.38. The molecule has 0 saturated heterocycles. The van der Waals surface area contributed by atoms with Crippen molar-refractivity contribution in [1.82, 2.24) is 0 Å². The maximum absolute atomic E-state index is 6.34. The molecule has 0 aliphatic heterocycles. The van der Waals surface area contributed by atoms with Crippen LogP contribution in [0.15, 0.2) is 6.07 Å². The highest BCUT2D eigenvalue weighted by Crippen LogP contribution is 2.60. The van der Waals surface area contributed by atoms with Gasteiger partial charge in [-0.2, -0.15) is 0 Å². The second-order valence-electron chi connectivity index (χ2n) is 4.99. The van der Waals surface area contributed by atoms with Gasteiger partial charge in [-0.3, -0.25) is 0 Å². The quantitative estimate of drug-likeness (QED) is 0.846. The van der Waals surface area contributed by atoms with Gasteiger partial charge in [-0.05, 0) is 36.7 Å². The van der Waals surface area contributed by atoms with Crippen LogP contribution in [-0.4, -0.2) is 0 Å². The van der Waals surface area contributed by atoms with Crippen molar-refractivity contribution in [3.05, 3.63) is 20.3 Å². The maximum atomic E-state index is 6.34. The second-order valence-corrected chi connectivity index (χ2v) is 7.28. The number of halogens is 2. The van der Waals surface area contributed by atoms with Crippen LogP contribution < -0.4 is 5.73 Å². The van der Waals surface area contributed by atoms with E-state index < -0.39 is 0 Å². The van der Waals surface area contributed by atoms with Crippen molar-refractivity contribution < 1.29 is 0 Å². The van der Waals surface area contributed by atoms with Gasteiger partial charge in [0.05, 0.1) is 8.67 Å². The van der Waals surface area contributed by atoms with Crippen molar-refractivity contribution in [2.24, 2.45) is 23.5 Å². The molecule has 2 aliphatic carbocycles. The van der Waals surface area contributed by atoms with E-state index in [1.165, 1.54) is 37.0 Å². The van der Waals surface area contributed by atoms with Gasteiger partial charge in [0, 0.05) is 11.6 Å². The van der Waals surface area contributed by atoms with E-state index in [0.717, 1.165) is 26.1 Å². The van der Waals surface area contributed by atoms with E-state index in [-0.39, 0.29) is 6.04 Å². The highest BCUT2D eigenvalue weighted by atomic mass is 35.5. The van der Waals surface area contributed by atoms with Crippen LogP contribution in [0.4, 0.5) is 0 Å². The van der Waals surface area contributed by atoms with Crippen LogP contribution in [0.2, 0.25) is 8.67 Å². The number of nitrogens with two attached hydrogens (primary N) is 1. The topological polar surface area (TPSA) is 26.0 Å². The standard InChI is InChI=1S/C12H15Cl2NS/c13-9-5-8(12(14)16-9)11(15)10-6-3-1-2-4-7(6)10/h5-7,10-11H,1-4,15H2. The molecule has 1 aromatic heterocycles. The number of hydrogen-bond acceptors (Lipinski definition) is 2. The molecule has 0 radical (unpaired) electrons. The molecule has 2 aliphatic rings. The fraction of sp³-hybridized carbons (Fsp3) is 0.667. The molecule has 1 aromatic rings. The van der Waals surface area contributed by atoms with Gasteiger partial charge in [0.15, 0.2) is 0 Å². The van der Waals surface area contributed by atoms with Crippen LogP contribution in [-0.2, 0) is 0 Å². The van der Waals surface area contributed by atoms with Crippen molar-refractivity contribution in [3.8, 4) is 0 Å². The van der Waals surface area contributed by atoms with Crippen LogP contribution >= 0.6 is 34.5 Å². The molecule has 4 heteroatoms. The van der Waals surface area contributed by atoms with Crippen molar-refractivity contribution >= 4 is 34.5 Å². The zero-order valence-corrected chi connectivity index (χ0v) is 11.3. The Labute approximate surface area is 110 Å². The molecule has 2 N–H and O–H groups in total. The molecule has 0 aromatic carbocycles. The molecule has 3 unspecified atom stereocenters. The van der Waals surface area contributed by atoms with E-state index in [9.17, 15) is 0 Å². The normalized spacial score (nSPS) is 34.6. The van der Waals surface area contributed by atoms with Gasteiger partial charge in [0.2, 0.25) is 0 Å². The lowest BCUT2D eigenvalue weighted by Gasteiger charge is -2.10. The molecule has 3 atom stereocenters. The summed E-state index contributed by atoms with van der Waals surface area (Å²) in [6.45, 7) is 0. The zero-order chi connectivity index (χ0) is 11.3. The first-order valence-electron chi connectivity index (χ1n) is 5.89. The first kappa shape index (κ1) is 11.3. The summed E-state index contributed by atoms with van der Waals surface area (Å²) in [5.41, 5.74) is 7.40. The Hall–Kier alpha value is 0.240. The van der Waals surface area contributed by atoms with Gasteiger partial charge in [0.1, 0.15) is 0 Å². The monoisotopic (exact) mass is 275 g/mol. The second kappa shape index (κ2) is 4.16. The van der Waals surface area contributed by atoms with Crippen LogP contribution in [0.25, 0.3) is 0 Å². The smallest absolute Gasteiger partial charge is 0.0991 e. The average Bonchev–Trinajstić information content (AvgIpc) is 2.89. The zero-order valence-electron chi connectivity index (χ0n) is 8.96. The summed E-state index contributed by atoms with van der Waals surface area (Å²) in [5, 5.41) is 0. The predicted molar refractivity (Wildman–Crippen MR) is 70.2 cm³/mol. The predicted octanol–water partition coefficient (Wildman–Crippen LogP) is 4.49. The Morgan fingerprint density at radius 1 is 1.25 bits per heavy atom. The van der Waals surface area contributed by atoms with Gasteiger partial charge < -0.3 is 5.73 Å². The van der Waals surface area contributed by atoms with Gasteiger partial charge in [-0.15, -0.1) is 11.3 Å². The van der Waals surface area contributed by atoms with Gasteiger partial charge in [0.25, 0.3) is 0 Å². The number of rotatable bonds is 2. The van der Waals surface area contributed by atoms with Gasteiger partial charge in [-0.25, -0.2) is 0 Å². The van der Waals surface area contributed by atoms with Crippen molar-refractivity contribution in [2.45, 2.75) is 31.7 Å². The maximum Gasteiger partial charge on any atom is 0.0991 e. The summed E-state index contributed by atoms with van der Waals surface area (Å²) < 4.78 is 1.53. The first-order chi connectivity index (χ1) is 7.68. The van der Waals surface area contributed by atoms with E-state index in [1.54, 1.807) is 0 Å². The lowest BCUT2D eigenvalue weighted by molar-refractivity contribution is 0.480. The Kier molecular flexibility index (Phi) is 2.95. The first-order valence-corrected chi connectivity index (χ1v) is 7.46. The third-order valence-electron chi connectivity index (χ3n) is 4.18. The lowest BCUT2D eigenvalue weighted by atomic mass is 10.0.